The monoisotopic (exact) mass is 371 g/mol. The summed E-state index contributed by atoms with van der Waals surface area (Å²) < 4.78 is 0. The first-order chi connectivity index (χ1) is 13.2. The molecule has 5 atom stereocenters. The van der Waals surface area contributed by atoms with Crippen LogP contribution in [-0.4, -0.2) is 84.7 Å². The molecule has 8 nitrogen and oxygen atoms in total. The van der Waals surface area contributed by atoms with Crippen LogP contribution in [0.4, 0.5) is 0 Å². The molecule has 4 heterocycles. The number of piperazine rings is 2. The molecule has 0 aliphatic carbocycles. The second kappa shape index (κ2) is 8.02. The van der Waals surface area contributed by atoms with Gasteiger partial charge in [-0.25, -0.2) is 0 Å². The summed E-state index contributed by atoms with van der Waals surface area (Å²) in [5.41, 5.74) is 0. The van der Waals surface area contributed by atoms with E-state index in [1.807, 2.05) is 4.90 Å². The Balaban J connectivity index is 1.40. The average molecular weight is 371 g/mol. The summed E-state index contributed by atoms with van der Waals surface area (Å²) in [4.78, 5) is 19.1. The fraction of sp³-hybridized carbons (Fsp3) is 0.842. The predicted octanol–water partition coefficient (Wildman–Crippen LogP) is -0.487. The molecule has 4 unspecified atom stereocenters. The number of nitriles is 2. The van der Waals surface area contributed by atoms with Gasteiger partial charge in [-0.3, -0.25) is 15.0 Å². The topological polar surface area (TPSA) is 98.4 Å². The highest BCUT2D eigenvalue weighted by Crippen LogP contribution is 2.33. The average Bonchev–Trinajstić information content (AvgIpc) is 2.74. The molecule has 4 aliphatic heterocycles. The largest absolute Gasteiger partial charge is 0.324 e. The maximum atomic E-state index is 13.2. The second-order valence-electron chi connectivity index (χ2n) is 8.30. The van der Waals surface area contributed by atoms with Crippen LogP contribution in [0.15, 0.2) is 0 Å². The lowest BCUT2D eigenvalue weighted by Crippen LogP contribution is -2.67. The first-order valence-corrected chi connectivity index (χ1v) is 10.2. The van der Waals surface area contributed by atoms with Gasteiger partial charge in [0, 0.05) is 26.2 Å². The van der Waals surface area contributed by atoms with Crippen molar-refractivity contribution in [3.05, 3.63) is 0 Å². The Hall–Kier alpha value is -1.87. The van der Waals surface area contributed by atoms with E-state index in [1.165, 1.54) is 0 Å². The van der Waals surface area contributed by atoms with Gasteiger partial charge < -0.3 is 15.1 Å². The molecule has 0 radical (unpaired) electrons. The maximum absolute atomic E-state index is 13.2. The van der Waals surface area contributed by atoms with Gasteiger partial charge >= 0.3 is 0 Å². The molecule has 4 saturated heterocycles. The summed E-state index contributed by atoms with van der Waals surface area (Å²) in [5, 5.41) is 25.3. The van der Waals surface area contributed by atoms with Crippen LogP contribution < -0.4 is 10.6 Å². The minimum absolute atomic E-state index is 0.0264. The van der Waals surface area contributed by atoms with Gasteiger partial charge in [-0.2, -0.15) is 10.5 Å². The van der Waals surface area contributed by atoms with Crippen LogP contribution in [0.25, 0.3) is 0 Å². The van der Waals surface area contributed by atoms with E-state index in [0.717, 1.165) is 65.0 Å². The van der Waals surface area contributed by atoms with Gasteiger partial charge in [0.1, 0.15) is 6.04 Å². The van der Waals surface area contributed by atoms with E-state index in [9.17, 15) is 15.3 Å². The van der Waals surface area contributed by atoms with Crippen LogP contribution in [0.1, 0.15) is 25.7 Å². The van der Waals surface area contributed by atoms with E-state index in [0.29, 0.717) is 18.4 Å². The molecule has 4 rings (SSSR count). The molecule has 4 fully saturated rings. The third kappa shape index (κ3) is 3.75. The Morgan fingerprint density at radius 1 is 0.963 bits per heavy atom. The number of rotatable bonds is 2. The van der Waals surface area contributed by atoms with Gasteiger partial charge in [-0.15, -0.1) is 0 Å². The van der Waals surface area contributed by atoms with Crippen LogP contribution in [0, 0.1) is 34.6 Å². The molecular formula is C19H29N7O. The summed E-state index contributed by atoms with van der Waals surface area (Å²) >= 11 is 0. The van der Waals surface area contributed by atoms with Gasteiger partial charge in [0.25, 0.3) is 0 Å². The Kier molecular flexibility index (Phi) is 5.49. The maximum Gasteiger partial charge on any atom is 0.243 e. The van der Waals surface area contributed by atoms with Crippen LogP contribution in [0.5, 0.6) is 0 Å². The summed E-state index contributed by atoms with van der Waals surface area (Å²) in [6.45, 7) is 5.53. The first-order valence-electron chi connectivity index (χ1n) is 10.2. The standard InChI is InChI=1S/C19H29N7O/c20-11-16-9-14(1-3-22-16)15-2-4-23-18(10-15)26-8-7-25-6-5-24(13-21)12-17(25)19(26)27/h14-18,22-23H,1-10,12H2/t14?,15?,16?,17-,18?/m1/s1. The van der Waals surface area contributed by atoms with Crippen LogP contribution >= 0.6 is 0 Å². The van der Waals surface area contributed by atoms with Crippen molar-refractivity contribution < 1.29 is 4.79 Å². The molecule has 0 aromatic carbocycles. The summed E-state index contributed by atoms with van der Waals surface area (Å²) in [6, 6.07) is 2.16. The van der Waals surface area contributed by atoms with Gasteiger partial charge in [0.2, 0.25) is 5.91 Å². The Bertz CT molecular complexity index is 641. The fourth-order valence-corrected chi connectivity index (χ4v) is 5.32. The van der Waals surface area contributed by atoms with E-state index in [1.54, 1.807) is 4.90 Å². The molecule has 0 bridgehead atoms. The van der Waals surface area contributed by atoms with E-state index >= 15 is 0 Å². The smallest absolute Gasteiger partial charge is 0.243 e. The minimum Gasteiger partial charge on any atom is -0.324 e. The van der Waals surface area contributed by atoms with Crippen LogP contribution in [0.2, 0.25) is 0 Å². The number of carbonyl (C=O) groups is 1. The number of piperidine rings is 2. The number of nitrogens with zero attached hydrogens (tertiary/aromatic N) is 5. The highest BCUT2D eigenvalue weighted by Gasteiger charge is 2.42. The van der Waals surface area contributed by atoms with Crippen molar-refractivity contribution in [3.8, 4) is 12.3 Å². The van der Waals surface area contributed by atoms with E-state index in [-0.39, 0.29) is 24.2 Å². The van der Waals surface area contributed by atoms with E-state index in [2.05, 4.69) is 27.8 Å². The van der Waals surface area contributed by atoms with Crippen molar-refractivity contribution in [2.45, 2.75) is 43.9 Å². The number of hydrogen-bond donors (Lipinski definition) is 2. The SMILES string of the molecule is N#CC1CC(C2CCNC(N3CCN4CCN(C#N)C[C@@H]4C3=O)C2)CCN1. The molecule has 2 N–H and O–H groups in total. The first kappa shape index (κ1) is 18.5. The summed E-state index contributed by atoms with van der Waals surface area (Å²) in [6.07, 6.45) is 6.44. The van der Waals surface area contributed by atoms with Crippen LogP contribution in [-0.2, 0) is 4.79 Å². The quantitative estimate of drug-likeness (QED) is 0.632. The third-order valence-electron chi connectivity index (χ3n) is 6.89. The zero-order chi connectivity index (χ0) is 18.8. The molecule has 27 heavy (non-hydrogen) atoms. The highest BCUT2D eigenvalue weighted by molar-refractivity contribution is 5.83. The lowest BCUT2D eigenvalue weighted by molar-refractivity contribution is -0.149. The number of carbonyl (C=O) groups excluding carboxylic acids is 1. The molecule has 0 aromatic heterocycles. The van der Waals surface area contributed by atoms with E-state index < -0.39 is 0 Å². The van der Waals surface area contributed by atoms with E-state index in [4.69, 9.17) is 0 Å². The highest BCUT2D eigenvalue weighted by atomic mass is 16.2. The zero-order valence-corrected chi connectivity index (χ0v) is 15.8. The minimum atomic E-state index is -0.184. The summed E-state index contributed by atoms with van der Waals surface area (Å²) in [5.74, 6) is 1.31. The third-order valence-corrected chi connectivity index (χ3v) is 6.89. The van der Waals surface area contributed by atoms with Crippen molar-refractivity contribution in [2.75, 3.05) is 45.8 Å². The lowest BCUT2D eigenvalue weighted by atomic mass is 9.76. The van der Waals surface area contributed by atoms with Crippen LogP contribution in [0.3, 0.4) is 0 Å². The lowest BCUT2D eigenvalue weighted by Gasteiger charge is -2.49. The van der Waals surface area contributed by atoms with Gasteiger partial charge in [0.05, 0.1) is 24.8 Å². The zero-order valence-electron chi connectivity index (χ0n) is 15.8. The molecular weight excluding hydrogens is 342 g/mol. The molecule has 0 spiro atoms. The van der Waals surface area contributed by atoms with Crippen molar-refractivity contribution in [1.82, 2.24) is 25.3 Å². The van der Waals surface area contributed by atoms with Crippen molar-refractivity contribution in [3.63, 3.8) is 0 Å². The number of nitrogens with one attached hydrogen (secondary N) is 2. The van der Waals surface area contributed by atoms with Gasteiger partial charge in [0.15, 0.2) is 6.19 Å². The Morgan fingerprint density at radius 3 is 2.48 bits per heavy atom. The van der Waals surface area contributed by atoms with Crippen molar-refractivity contribution in [1.29, 1.82) is 10.5 Å². The molecule has 0 saturated carbocycles. The van der Waals surface area contributed by atoms with Crippen molar-refractivity contribution in [2.24, 2.45) is 11.8 Å². The molecule has 146 valence electrons. The normalized spacial score (nSPS) is 38.0. The summed E-state index contributed by atoms with van der Waals surface area (Å²) in [7, 11) is 0. The molecule has 1 amide bonds. The molecule has 8 heteroatoms. The fourth-order valence-electron chi connectivity index (χ4n) is 5.32. The Morgan fingerprint density at radius 2 is 1.70 bits per heavy atom. The Labute approximate surface area is 161 Å². The number of hydrogen-bond acceptors (Lipinski definition) is 7. The van der Waals surface area contributed by atoms with Gasteiger partial charge in [-0.1, -0.05) is 0 Å². The van der Waals surface area contributed by atoms with Crippen molar-refractivity contribution >= 4 is 5.91 Å². The molecule has 4 aliphatic rings. The van der Waals surface area contributed by atoms with Gasteiger partial charge in [-0.05, 0) is 50.6 Å². The predicted molar refractivity (Wildman–Crippen MR) is 98.9 cm³/mol. The molecule has 0 aromatic rings. The number of fused-ring (bicyclic) bond motifs is 1. The second-order valence-corrected chi connectivity index (χ2v) is 8.30. The number of amides is 1.